The molecule has 0 aliphatic carbocycles. The molecule has 2 rings (SSSR count). The molecule has 74 valence electrons. The van der Waals surface area contributed by atoms with Crippen LogP contribution in [0.5, 0.6) is 0 Å². The number of imidazole rings is 1. The Bertz CT molecular complexity index is 510. The summed E-state index contributed by atoms with van der Waals surface area (Å²) in [7, 11) is 0. The molecular weight excluding hydrogens is 178 g/mol. The van der Waals surface area contributed by atoms with Crippen LogP contribution in [-0.4, -0.2) is 14.4 Å². The molecule has 0 radical (unpaired) electrons. The zero-order valence-electron chi connectivity index (χ0n) is 8.37. The minimum Gasteiger partial charge on any atom is -0.328 e. The lowest BCUT2D eigenvalue weighted by atomic mass is 10.1. The minimum absolute atomic E-state index is 0.0515. The van der Waals surface area contributed by atoms with Gasteiger partial charge in [0.1, 0.15) is 0 Å². The molecule has 0 atom stereocenters. The van der Waals surface area contributed by atoms with E-state index in [-0.39, 0.29) is 5.56 Å². The summed E-state index contributed by atoms with van der Waals surface area (Å²) in [5.41, 5.74) is 1.91. The van der Waals surface area contributed by atoms with Crippen molar-refractivity contribution in [2.24, 2.45) is 0 Å². The van der Waals surface area contributed by atoms with Crippen molar-refractivity contribution < 1.29 is 0 Å². The predicted octanol–water partition coefficient (Wildman–Crippen LogP) is 1.15. The third kappa shape index (κ3) is 1.14. The van der Waals surface area contributed by atoms with Crippen LogP contribution in [0.25, 0.3) is 5.78 Å². The molecule has 2 heterocycles. The molecule has 2 aromatic heterocycles. The molecule has 0 aliphatic heterocycles. The molecule has 4 nitrogen and oxygen atoms in total. The molecule has 1 N–H and O–H groups in total. The summed E-state index contributed by atoms with van der Waals surface area (Å²) >= 11 is 0. The standard InChI is InChI=1S/C10H13N3O/c1-3-7-8(4-2)12-10-11-5-6-13(10)9(7)14/h5-6H,3-4H2,1-2H3,(H,11,12). The largest absolute Gasteiger partial charge is 0.328 e. The molecule has 0 aliphatic rings. The third-order valence-electron chi connectivity index (χ3n) is 2.45. The Hall–Kier alpha value is -1.58. The molecule has 0 bridgehead atoms. The highest BCUT2D eigenvalue weighted by Gasteiger charge is 2.08. The first-order valence-corrected chi connectivity index (χ1v) is 4.85. The lowest BCUT2D eigenvalue weighted by Crippen LogP contribution is -2.20. The fraction of sp³-hybridized carbons (Fsp3) is 0.400. The molecule has 0 amide bonds. The van der Waals surface area contributed by atoms with Crippen LogP contribution in [0.2, 0.25) is 0 Å². The first kappa shape index (κ1) is 8.99. The Balaban J connectivity index is 2.86. The minimum atomic E-state index is 0.0515. The van der Waals surface area contributed by atoms with Crippen LogP contribution in [0.4, 0.5) is 0 Å². The van der Waals surface area contributed by atoms with E-state index < -0.39 is 0 Å². The highest BCUT2D eigenvalue weighted by molar-refractivity contribution is 5.33. The zero-order valence-corrected chi connectivity index (χ0v) is 8.37. The number of aryl methyl sites for hydroxylation is 1. The molecular formula is C10H13N3O. The summed E-state index contributed by atoms with van der Waals surface area (Å²) in [4.78, 5) is 19.1. The number of H-pyrrole nitrogens is 1. The second-order valence-corrected chi connectivity index (χ2v) is 3.22. The maximum Gasteiger partial charge on any atom is 0.262 e. The van der Waals surface area contributed by atoms with Gasteiger partial charge in [0, 0.05) is 23.7 Å². The van der Waals surface area contributed by atoms with Gasteiger partial charge in [-0.15, -0.1) is 0 Å². The Labute approximate surface area is 81.6 Å². The molecule has 14 heavy (non-hydrogen) atoms. The Morgan fingerprint density at radius 1 is 1.43 bits per heavy atom. The van der Waals surface area contributed by atoms with Crippen molar-refractivity contribution in [1.29, 1.82) is 0 Å². The van der Waals surface area contributed by atoms with E-state index in [9.17, 15) is 4.79 Å². The fourth-order valence-corrected chi connectivity index (χ4v) is 1.71. The maximum atomic E-state index is 11.9. The molecule has 0 saturated heterocycles. The van der Waals surface area contributed by atoms with Crippen LogP contribution in [0, 0.1) is 0 Å². The number of rotatable bonds is 2. The van der Waals surface area contributed by atoms with E-state index in [1.807, 2.05) is 13.8 Å². The molecule has 2 aromatic rings. The summed E-state index contributed by atoms with van der Waals surface area (Å²) in [5, 5.41) is 0. The molecule has 0 aromatic carbocycles. The lowest BCUT2D eigenvalue weighted by Gasteiger charge is -2.05. The summed E-state index contributed by atoms with van der Waals surface area (Å²) in [6, 6.07) is 0. The van der Waals surface area contributed by atoms with Crippen LogP contribution in [0.1, 0.15) is 25.1 Å². The van der Waals surface area contributed by atoms with Gasteiger partial charge in [0.05, 0.1) is 0 Å². The van der Waals surface area contributed by atoms with Crippen molar-refractivity contribution in [2.75, 3.05) is 0 Å². The quantitative estimate of drug-likeness (QED) is 0.774. The molecule has 0 saturated carbocycles. The average molecular weight is 191 g/mol. The summed E-state index contributed by atoms with van der Waals surface area (Å²) in [6.45, 7) is 4.02. The van der Waals surface area contributed by atoms with Crippen LogP contribution in [0.3, 0.4) is 0 Å². The van der Waals surface area contributed by atoms with Gasteiger partial charge in [-0.1, -0.05) is 13.8 Å². The summed E-state index contributed by atoms with van der Waals surface area (Å²) < 4.78 is 1.55. The van der Waals surface area contributed by atoms with Crippen molar-refractivity contribution in [3.05, 3.63) is 34.0 Å². The van der Waals surface area contributed by atoms with E-state index in [1.54, 1.807) is 16.8 Å². The van der Waals surface area contributed by atoms with Gasteiger partial charge in [-0.3, -0.25) is 9.20 Å². The number of nitrogens with one attached hydrogen (secondary N) is 1. The predicted molar refractivity (Wildman–Crippen MR) is 54.6 cm³/mol. The number of hydrogen-bond donors (Lipinski definition) is 1. The van der Waals surface area contributed by atoms with Crippen molar-refractivity contribution in [2.45, 2.75) is 26.7 Å². The number of aromatic nitrogens is 3. The highest BCUT2D eigenvalue weighted by Crippen LogP contribution is 2.04. The average Bonchev–Trinajstić information content (AvgIpc) is 2.65. The van der Waals surface area contributed by atoms with Crippen LogP contribution in [-0.2, 0) is 12.8 Å². The monoisotopic (exact) mass is 191 g/mol. The normalized spacial score (nSPS) is 11.0. The van der Waals surface area contributed by atoms with E-state index in [2.05, 4.69) is 9.97 Å². The van der Waals surface area contributed by atoms with Crippen molar-refractivity contribution in [3.8, 4) is 0 Å². The van der Waals surface area contributed by atoms with E-state index in [4.69, 9.17) is 0 Å². The molecule has 4 heteroatoms. The van der Waals surface area contributed by atoms with Crippen molar-refractivity contribution in [3.63, 3.8) is 0 Å². The number of fused-ring (bicyclic) bond motifs is 1. The number of nitrogens with zero attached hydrogens (tertiary/aromatic N) is 2. The second kappa shape index (κ2) is 3.29. The maximum absolute atomic E-state index is 11.9. The second-order valence-electron chi connectivity index (χ2n) is 3.22. The first-order valence-electron chi connectivity index (χ1n) is 4.85. The van der Waals surface area contributed by atoms with Gasteiger partial charge in [0.25, 0.3) is 5.56 Å². The topological polar surface area (TPSA) is 50.2 Å². The highest BCUT2D eigenvalue weighted by atomic mass is 16.1. The first-order chi connectivity index (χ1) is 6.77. The Kier molecular flexibility index (Phi) is 2.11. The van der Waals surface area contributed by atoms with E-state index in [1.165, 1.54) is 0 Å². The van der Waals surface area contributed by atoms with Gasteiger partial charge in [0.2, 0.25) is 5.78 Å². The van der Waals surface area contributed by atoms with Gasteiger partial charge >= 0.3 is 0 Å². The van der Waals surface area contributed by atoms with E-state index >= 15 is 0 Å². The number of aromatic amines is 1. The Morgan fingerprint density at radius 3 is 2.86 bits per heavy atom. The van der Waals surface area contributed by atoms with Crippen molar-refractivity contribution in [1.82, 2.24) is 14.4 Å². The van der Waals surface area contributed by atoms with E-state index in [0.717, 1.165) is 24.1 Å². The van der Waals surface area contributed by atoms with Gasteiger partial charge in [-0.05, 0) is 12.8 Å². The summed E-state index contributed by atoms with van der Waals surface area (Å²) in [6.07, 6.45) is 4.91. The molecule has 0 fully saturated rings. The lowest BCUT2D eigenvalue weighted by molar-refractivity contribution is 0.896. The van der Waals surface area contributed by atoms with Crippen molar-refractivity contribution >= 4 is 5.78 Å². The van der Waals surface area contributed by atoms with Gasteiger partial charge < -0.3 is 4.98 Å². The molecule has 0 spiro atoms. The molecule has 0 unspecified atom stereocenters. The Morgan fingerprint density at radius 2 is 2.21 bits per heavy atom. The fourth-order valence-electron chi connectivity index (χ4n) is 1.71. The summed E-state index contributed by atoms with van der Waals surface area (Å²) in [5.74, 6) is 0.629. The van der Waals surface area contributed by atoms with Crippen LogP contribution in [0.15, 0.2) is 17.2 Å². The zero-order chi connectivity index (χ0) is 10.1. The van der Waals surface area contributed by atoms with Gasteiger partial charge in [-0.25, -0.2) is 4.98 Å². The smallest absolute Gasteiger partial charge is 0.262 e. The number of hydrogen-bond acceptors (Lipinski definition) is 2. The van der Waals surface area contributed by atoms with Crippen LogP contribution >= 0.6 is 0 Å². The SMILES string of the molecule is CCc1[nH]c2nccn2c(=O)c1CC. The van der Waals surface area contributed by atoms with Crippen LogP contribution < -0.4 is 5.56 Å². The van der Waals surface area contributed by atoms with Gasteiger partial charge in [-0.2, -0.15) is 0 Å². The third-order valence-corrected chi connectivity index (χ3v) is 2.45. The van der Waals surface area contributed by atoms with Gasteiger partial charge in [0.15, 0.2) is 0 Å². The van der Waals surface area contributed by atoms with E-state index in [0.29, 0.717) is 5.78 Å².